The molecule has 1 aromatic carbocycles. The molecule has 292 valence electrons. The van der Waals surface area contributed by atoms with Gasteiger partial charge in [-0.1, -0.05) is 60.5 Å². The number of thioether (sulfide) groups is 1. The van der Waals surface area contributed by atoms with Crippen LogP contribution in [0.15, 0.2) is 22.6 Å². The van der Waals surface area contributed by atoms with E-state index in [1.165, 1.54) is 18.9 Å². The normalized spacial score (nSPS) is 21.8. The van der Waals surface area contributed by atoms with E-state index in [4.69, 9.17) is 29.5 Å². The monoisotopic (exact) mass is 774 g/mol. The molecular formula is C40H66N2O7SSi2. The predicted octanol–water partition coefficient (Wildman–Crippen LogP) is 9.54. The number of nitrogens with one attached hydrogen (secondary N) is 2. The summed E-state index contributed by atoms with van der Waals surface area (Å²) in [5, 5.41) is 6.14. The first kappa shape index (κ1) is 44.3. The number of fused-ring (bicyclic) bond motifs is 1. The highest BCUT2D eigenvalue weighted by Crippen LogP contribution is 2.48. The van der Waals surface area contributed by atoms with Gasteiger partial charge in [-0.25, -0.2) is 0 Å². The van der Waals surface area contributed by atoms with Crippen LogP contribution in [0, 0.1) is 18.3 Å². The van der Waals surface area contributed by atoms with E-state index in [0.717, 1.165) is 22.5 Å². The van der Waals surface area contributed by atoms with E-state index in [2.05, 4.69) is 104 Å². The summed E-state index contributed by atoms with van der Waals surface area (Å²) in [6, 6.07) is 1.82. The number of allylic oxidation sites excluding steroid dienone is 1. The fraction of sp³-hybridized carbons (Fsp3) is 0.700. The lowest BCUT2D eigenvalue weighted by Gasteiger charge is -2.46. The molecule has 2 heterocycles. The molecule has 1 saturated heterocycles. The second-order valence-corrected chi connectivity index (χ2v) is 28.3. The Hall–Kier alpha value is -2.12. The quantitative estimate of drug-likeness (QED) is 0.110. The standard InChI is InChI=1S/C40H66N2O7SSi2/c1-17-28(45-12)23-33(43)41-30-24-31-37(50-25-34(44)42-31)29(36(30)49-52(15,16)39(7,8)9)20-18-19-26(2)35-27(3)32(47-40(10,11)48-35)21-22-46-51(13,14)38(4,5)6/h1,19,24,27-28,32,35H,18,20-23,25H2,2-16H3,(H,41,43)(H,42,44)/b26-19-/t27-,28-,32-,35-/m0/s1. The van der Waals surface area contributed by atoms with Gasteiger partial charge in [0.2, 0.25) is 11.8 Å². The average Bonchev–Trinajstić information content (AvgIpc) is 3.01. The van der Waals surface area contributed by atoms with Crippen LogP contribution >= 0.6 is 11.8 Å². The number of terminal acetylenes is 1. The molecule has 0 aromatic heterocycles. The maximum atomic E-state index is 13.3. The maximum Gasteiger partial charge on any atom is 0.250 e. The van der Waals surface area contributed by atoms with Gasteiger partial charge < -0.3 is 33.7 Å². The van der Waals surface area contributed by atoms with Gasteiger partial charge in [-0.2, -0.15) is 0 Å². The number of rotatable bonds is 14. The van der Waals surface area contributed by atoms with Gasteiger partial charge in [-0.05, 0) is 87.9 Å². The molecule has 0 unspecified atom stereocenters. The Balaban J connectivity index is 1.96. The van der Waals surface area contributed by atoms with Crippen LogP contribution in [0.3, 0.4) is 0 Å². The molecule has 2 N–H and O–H groups in total. The summed E-state index contributed by atoms with van der Waals surface area (Å²) >= 11 is 1.51. The summed E-state index contributed by atoms with van der Waals surface area (Å²) < 4.78 is 31.9. The molecule has 0 bridgehead atoms. The van der Waals surface area contributed by atoms with Crippen LogP contribution in [0.2, 0.25) is 36.3 Å². The van der Waals surface area contributed by atoms with Crippen molar-refractivity contribution in [1.29, 1.82) is 0 Å². The van der Waals surface area contributed by atoms with Crippen molar-refractivity contribution in [3.05, 3.63) is 23.3 Å². The van der Waals surface area contributed by atoms with Gasteiger partial charge in [0.15, 0.2) is 14.1 Å². The third-order valence-corrected chi connectivity index (χ3v) is 21.1. The number of hydrogen-bond donors (Lipinski definition) is 2. The minimum Gasteiger partial charge on any atom is -0.542 e. The van der Waals surface area contributed by atoms with Crippen LogP contribution in [0.1, 0.15) is 94.1 Å². The highest BCUT2D eigenvalue weighted by atomic mass is 32.2. The van der Waals surface area contributed by atoms with Gasteiger partial charge >= 0.3 is 0 Å². The molecule has 0 aliphatic carbocycles. The second kappa shape index (κ2) is 17.1. The Morgan fingerprint density at radius 1 is 1.15 bits per heavy atom. The largest absolute Gasteiger partial charge is 0.542 e. The highest BCUT2D eigenvalue weighted by Gasteiger charge is 2.43. The van der Waals surface area contributed by atoms with Crippen LogP contribution in [0.25, 0.3) is 0 Å². The molecule has 0 radical (unpaired) electrons. The Bertz CT molecular complexity index is 1520. The molecule has 12 heteroatoms. The zero-order valence-corrected chi connectivity index (χ0v) is 37.4. The van der Waals surface area contributed by atoms with Crippen molar-refractivity contribution >= 4 is 51.6 Å². The third-order valence-electron chi connectivity index (χ3n) is 11.1. The van der Waals surface area contributed by atoms with Crippen molar-refractivity contribution in [1.82, 2.24) is 0 Å². The van der Waals surface area contributed by atoms with Crippen LogP contribution in [0.5, 0.6) is 5.75 Å². The average molecular weight is 775 g/mol. The van der Waals surface area contributed by atoms with Gasteiger partial charge in [-0.3, -0.25) is 9.59 Å². The van der Waals surface area contributed by atoms with Crippen LogP contribution in [-0.2, 0) is 34.6 Å². The van der Waals surface area contributed by atoms with Crippen LogP contribution in [0.4, 0.5) is 11.4 Å². The van der Waals surface area contributed by atoms with Crippen molar-refractivity contribution < 1.29 is 32.7 Å². The third kappa shape index (κ3) is 11.2. The van der Waals surface area contributed by atoms with Crippen molar-refractivity contribution in [3.63, 3.8) is 0 Å². The molecular weight excluding hydrogens is 709 g/mol. The molecule has 2 aliphatic rings. The lowest BCUT2D eigenvalue weighted by molar-refractivity contribution is -0.312. The Morgan fingerprint density at radius 3 is 2.37 bits per heavy atom. The number of methoxy groups -OCH3 is 1. The number of anilines is 2. The molecule has 2 amide bonds. The second-order valence-electron chi connectivity index (χ2n) is 17.8. The van der Waals surface area contributed by atoms with E-state index in [9.17, 15) is 9.59 Å². The summed E-state index contributed by atoms with van der Waals surface area (Å²) in [6.45, 7) is 31.3. The first-order chi connectivity index (χ1) is 23.8. The number of amides is 2. The van der Waals surface area contributed by atoms with Crippen LogP contribution < -0.4 is 15.1 Å². The molecule has 52 heavy (non-hydrogen) atoms. The van der Waals surface area contributed by atoms with E-state index in [1.54, 1.807) is 0 Å². The van der Waals surface area contributed by atoms with Crippen LogP contribution in [-0.4, -0.2) is 72.0 Å². The fourth-order valence-corrected chi connectivity index (χ4v) is 8.95. The highest BCUT2D eigenvalue weighted by molar-refractivity contribution is 8.00. The smallest absolute Gasteiger partial charge is 0.250 e. The Morgan fingerprint density at radius 2 is 1.79 bits per heavy atom. The van der Waals surface area contributed by atoms with Crippen molar-refractivity contribution in [2.75, 3.05) is 30.1 Å². The molecule has 0 saturated carbocycles. The van der Waals surface area contributed by atoms with Gasteiger partial charge in [0, 0.05) is 30.1 Å². The van der Waals surface area contributed by atoms with Gasteiger partial charge in [-0.15, -0.1) is 18.2 Å². The minimum absolute atomic E-state index is 0.00837. The summed E-state index contributed by atoms with van der Waals surface area (Å²) in [7, 11) is -2.77. The van der Waals surface area contributed by atoms with Crippen molar-refractivity contribution in [2.45, 2.75) is 160 Å². The van der Waals surface area contributed by atoms with E-state index in [1.807, 2.05) is 19.9 Å². The van der Waals surface area contributed by atoms with Gasteiger partial charge in [0.25, 0.3) is 8.32 Å². The Kier molecular flexibility index (Phi) is 14.6. The van der Waals surface area contributed by atoms with E-state index in [-0.39, 0.29) is 46.4 Å². The molecule has 1 aromatic rings. The zero-order chi connectivity index (χ0) is 39.4. The molecule has 3 rings (SSSR count). The van der Waals surface area contributed by atoms with Crippen molar-refractivity contribution in [2.24, 2.45) is 5.92 Å². The Labute approximate surface area is 320 Å². The molecule has 1 fully saturated rings. The molecule has 9 nitrogen and oxygen atoms in total. The topological polar surface area (TPSA) is 104 Å². The molecule has 2 aliphatic heterocycles. The summed E-state index contributed by atoms with van der Waals surface area (Å²) in [5.41, 5.74) is 3.30. The number of benzene rings is 1. The SMILES string of the molecule is C#C[C@@H](CC(=O)Nc1cc2c(c(CC/C=C(/C)[C@@H]3OC(C)(C)O[C@@H](CCO[Si](C)(C)C(C)(C)C)[C@@H]3C)c1O[Si](C)(C)C(C)(C)C)SCC(=O)N2)OC. The first-order valence-corrected chi connectivity index (χ1v) is 25.4. The zero-order valence-electron chi connectivity index (χ0n) is 34.6. The minimum atomic E-state index is -2.38. The maximum absolute atomic E-state index is 13.3. The van der Waals surface area contributed by atoms with Gasteiger partial charge in [0.05, 0.1) is 35.8 Å². The van der Waals surface area contributed by atoms with Crippen molar-refractivity contribution in [3.8, 4) is 18.1 Å². The predicted molar refractivity (Wildman–Crippen MR) is 219 cm³/mol. The number of ether oxygens (including phenoxy) is 3. The number of hydrogen-bond acceptors (Lipinski definition) is 8. The number of carbonyl (C=O) groups excluding carboxylic acids is 2. The molecule has 4 atom stereocenters. The number of carbonyl (C=O) groups is 2. The van der Waals surface area contributed by atoms with E-state index in [0.29, 0.717) is 42.3 Å². The lowest BCUT2D eigenvalue weighted by Crippen LogP contribution is -2.51. The fourth-order valence-electron chi connectivity index (χ4n) is 5.85. The summed E-state index contributed by atoms with van der Waals surface area (Å²) in [4.78, 5) is 26.8. The van der Waals surface area contributed by atoms with E-state index >= 15 is 0 Å². The lowest BCUT2D eigenvalue weighted by atomic mass is 9.88. The first-order valence-electron chi connectivity index (χ1n) is 18.6. The van der Waals surface area contributed by atoms with E-state index < -0.39 is 28.5 Å². The summed E-state index contributed by atoms with van der Waals surface area (Å²) in [6.07, 6.45) is 9.17. The van der Waals surface area contributed by atoms with Gasteiger partial charge in [0.1, 0.15) is 11.9 Å². The summed E-state index contributed by atoms with van der Waals surface area (Å²) in [5.74, 6) is 2.48. The molecule has 0 spiro atoms.